The average Bonchev–Trinajstić information content (AvgIpc) is 2.75. The molecule has 0 aliphatic heterocycles. The number of hydrogen-bond donors (Lipinski definition) is 1. The van der Waals surface area contributed by atoms with Crippen LogP contribution in [0.25, 0.3) is 0 Å². The smallest absolute Gasteiger partial charge is 0.122 e. The van der Waals surface area contributed by atoms with E-state index in [2.05, 4.69) is 36.0 Å². The lowest BCUT2D eigenvalue weighted by Gasteiger charge is -2.24. The Morgan fingerprint density at radius 1 is 1.33 bits per heavy atom. The zero-order valence-electron chi connectivity index (χ0n) is 11.2. The fraction of sp³-hybridized carbons (Fsp3) is 0.357. The number of nitrogens with zero attached hydrogens (tertiary/aromatic N) is 3. The maximum Gasteiger partial charge on any atom is 0.122 e. The molecule has 1 unspecified atom stereocenters. The highest BCUT2D eigenvalue weighted by molar-refractivity contribution is 5.40. The van der Waals surface area contributed by atoms with Gasteiger partial charge in [0.1, 0.15) is 5.82 Å². The van der Waals surface area contributed by atoms with Gasteiger partial charge >= 0.3 is 0 Å². The van der Waals surface area contributed by atoms with E-state index in [4.69, 9.17) is 5.73 Å². The third kappa shape index (κ3) is 2.71. The monoisotopic (exact) mass is 244 g/mol. The Hall–Kier alpha value is -1.81. The van der Waals surface area contributed by atoms with E-state index < -0.39 is 0 Å². The molecule has 1 heterocycles. The molecule has 0 radical (unpaired) electrons. The summed E-state index contributed by atoms with van der Waals surface area (Å²) >= 11 is 0. The van der Waals surface area contributed by atoms with E-state index in [1.165, 1.54) is 5.56 Å². The first kappa shape index (κ1) is 12.6. The molecule has 2 rings (SSSR count). The molecule has 0 aliphatic carbocycles. The van der Waals surface area contributed by atoms with Gasteiger partial charge in [-0.1, -0.05) is 12.1 Å². The minimum absolute atomic E-state index is 0.335. The number of nitrogens with two attached hydrogens (primary N) is 1. The molecule has 0 spiro atoms. The van der Waals surface area contributed by atoms with E-state index in [0.717, 1.165) is 18.1 Å². The Labute approximate surface area is 108 Å². The summed E-state index contributed by atoms with van der Waals surface area (Å²) in [7, 11) is 4.12. The van der Waals surface area contributed by atoms with Crippen molar-refractivity contribution in [3.63, 3.8) is 0 Å². The summed E-state index contributed by atoms with van der Waals surface area (Å²) in [5.74, 6) is 1.07. The molecule has 0 aliphatic rings. The highest BCUT2D eigenvalue weighted by Crippen LogP contribution is 2.21. The number of nitrogen functional groups attached to an aromatic ring is 1. The molecular formula is C14H20N4. The zero-order valence-corrected chi connectivity index (χ0v) is 11.2. The van der Waals surface area contributed by atoms with Crippen molar-refractivity contribution in [1.82, 2.24) is 14.5 Å². The second-order valence-corrected chi connectivity index (χ2v) is 4.71. The minimum Gasteiger partial charge on any atom is -0.399 e. The van der Waals surface area contributed by atoms with E-state index in [-0.39, 0.29) is 0 Å². The maximum atomic E-state index is 5.71. The highest BCUT2D eigenvalue weighted by atomic mass is 15.2. The molecular weight excluding hydrogens is 224 g/mol. The molecule has 18 heavy (non-hydrogen) atoms. The van der Waals surface area contributed by atoms with Gasteiger partial charge in [-0.25, -0.2) is 4.98 Å². The van der Waals surface area contributed by atoms with Gasteiger partial charge < -0.3 is 10.3 Å². The van der Waals surface area contributed by atoms with Crippen LogP contribution in [-0.4, -0.2) is 21.5 Å². The van der Waals surface area contributed by atoms with Crippen molar-refractivity contribution in [3.05, 3.63) is 48.0 Å². The molecule has 1 aromatic heterocycles. The van der Waals surface area contributed by atoms with Crippen LogP contribution in [0, 0.1) is 0 Å². The summed E-state index contributed by atoms with van der Waals surface area (Å²) in [5.41, 5.74) is 7.77. The van der Waals surface area contributed by atoms with Crippen LogP contribution < -0.4 is 5.73 Å². The van der Waals surface area contributed by atoms with Gasteiger partial charge in [-0.05, 0) is 31.7 Å². The molecule has 4 heteroatoms. The molecule has 0 fully saturated rings. The fourth-order valence-electron chi connectivity index (χ4n) is 1.94. The van der Waals surface area contributed by atoms with Crippen molar-refractivity contribution in [1.29, 1.82) is 0 Å². The molecule has 2 N–H and O–H groups in total. The molecule has 1 atom stereocenters. The van der Waals surface area contributed by atoms with Crippen LogP contribution in [0.1, 0.15) is 24.4 Å². The molecule has 0 saturated carbocycles. The molecule has 96 valence electrons. The van der Waals surface area contributed by atoms with Crippen LogP contribution in [0.4, 0.5) is 5.69 Å². The summed E-state index contributed by atoms with van der Waals surface area (Å²) in [5, 5.41) is 0. The number of aryl methyl sites for hydroxylation is 1. The quantitative estimate of drug-likeness (QED) is 0.839. The van der Waals surface area contributed by atoms with Crippen molar-refractivity contribution < 1.29 is 0 Å². The first-order valence-electron chi connectivity index (χ1n) is 6.10. The van der Waals surface area contributed by atoms with Gasteiger partial charge in [-0.15, -0.1) is 0 Å². The summed E-state index contributed by atoms with van der Waals surface area (Å²) in [6, 6.07) is 8.38. The summed E-state index contributed by atoms with van der Waals surface area (Å²) < 4.78 is 2.05. The fourth-order valence-corrected chi connectivity index (χ4v) is 1.94. The van der Waals surface area contributed by atoms with Crippen molar-refractivity contribution in [2.75, 3.05) is 12.8 Å². The standard InChI is InChI=1S/C14H20N4/c1-11(12-4-6-13(15)7-5-12)18(3)10-14-16-8-9-17(14)2/h4-9,11H,10,15H2,1-3H3. The topological polar surface area (TPSA) is 47.1 Å². The number of aromatic nitrogens is 2. The predicted molar refractivity (Wildman–Crippen MR) is 73.9 cm³/mol. The van der Waals surface area contributed by atoms with E-state index in [0.29, 0.717) is 6.04 Å². The third-order valence-corrected chi connectivity index (χ3v) is 3.39. The van der Waals surface area contributed by atoms with Crippen molar-refractivity contribution in [2.24, 2.45) is 7.05 Å². The molecule has 0 bridgehead atoms. The van der Waals surface area contributed by atoms with E-state index >= 15 is 0 Å². The number of benzene rings is 1. The van der Waals surface area contributed by atoms with Gasteiger partial charge in [0.15, 0.2) is 0 Å². The first-order valence-corrected chi connectivity index (χ1v) is 6.10. The van der Waals surface area contributed by atoms with Crippen molar-refractivity contribution in [3.8, 4) is 0 Å². The Bertz CT molecular complexity index is 501. The number of rotatable bonds is 4. The first-order chi connectivity index (χ1) is 8.58. The van der Waals surface area contributed by atoms with Crippen LogP contribution in [0.15, 0.2) is 36.7 Å². The second kappa shape index (κ2) is 5.23. The van der Waals surface area contributed by atoms with Crippen LogP contribution in [0.5, 0.6) is 0 Å². The van der Waals surface area contributed by atoms with E-state index in [9.17, 15) is 0 Å². The molecule has 1 aromatic carbocycles. The normalized spacial score (nSPS) is 12.9. The highest BCUT2D eigenvalue weighted by Gasteiger charge is 2.13. The average molecular weight is 244 g/mol. The Morgan fingerprint density at radius 2 is 2.00 bits per heavy atom. The zero-order chi connectivity index (χ0) is 13.1. The Balaban J connectivity index is 2.07. The van der Waals surface area contributed by atoms with Gasteiger partial charge in [0, 0.05) is 31.2 Å². The third-order valence-electron chi connectivity index (χ3n) is 3.39. The lowest BCUT2D eigenvalue weighted by atomic mass is 10.1. The lowest BCUT2D eigenvalue weighted by molar-refractivity contribution is 0.244. The van der Waals surface area contributed by atoms with Gasteiger partial charge in [0.2, 0.25) is 0 Å². The number of hydrogen-bond acceptors (Lipinski definition) is 3. The van der Waals surface area contributed by atoms with Crippen LogP contribution in [0.2, 0.25) is 0 Å². The molecule has 0 saturated heterocycles. The van der Waals surface area contributed by atoms with Gasteiger partial charge in [0.05, 0.1) is 6.54 Å². The summed E-state index contributed by atoms with van der Waals surface area (Å²) in [6.45, 7) is 3.02. The van der Waals surface area contributed by atoms with E-state index in [1.807, 2.05) is 36.1 Å². The van der Waals surface area contributed by atoms with Gasteiger partial charge in [0.25, 0.3) is 0 Å². The second-order valence-electron chi connectivity index (χ2n) is 4.71. The summed E-state index contributed by atoms with van der Waals surface area (Å²) in [6.07, 6.45) is 3.80. The van der Waals surface area contributed by atoms with Crippen LogP contribution >= 0.6 is 0 Å². The Morgan fingerprint density at radius 3 is 2.56 bits per heavy atom. The summed E-state index contributed by atoms with van der Waals surface area (Å²) in [4.78, 5) is 6.62. The van der Waals surface area contributed by atoms with E-state index in [1.54, 1.807) is 0 Å². The van der Waals surface area contributed by atoms with Gasteiger partial charge in [-0.3, -0.25) is 4.90 Å². The van der Waals surface area contributed by atoms with Crippen LogP contribution in [0.3, 0.4) is 0 Å². The minimum atomic E-state index is 0.335. The Kier molecular flexibility index (Phi) is 3.67. The SMILES string of the molecule is CC(c1ccc(N)cc1)N(C)Cc1nccn1C. The van der Waals surface area contributed by atoms with Crippen LogP contribution in [-0.2, 0) is 13.6 Å². The molecule has 4 nitrogen and oxygen atoms in total. The largest absolute Gasteiger partial charge is 0.399 e. The predicted octanol–water partition coefficient (Wildman–Crippen LogP) is 2.20. The lowest BCUT2D eigenvalue weighted by Crippen LogP contribution is -2.23. The molecule has 0 amide bonds. The molecule has 2 aromatic rings. The van der Waals surface area contributed by atoms with Crippen molar-refractivity contribution >= 4 is 5.69 Å². The maximum absolute atomic E-state index is 5.71. The number of anilines is 1. The van der Waals surface area contributed by atoms with Crippen molar-refractivity contribution in [2.45, 2.75) is 19.5 Å². The van der Waals surface area contributed by atoms with Gasteiger partial charge in [-0.2, -0.15) is 0 Å². The number of imidazole rings is 1.